The fraction of sp³-hybridized carbons (Fsp3) is 1.00. The van der Waals surface area contributed by atoms with Crippen LogP contribution in [0, 0.1) is 5.92 Å². The van der Waals surface area contributed by atoms with Crippen LogP contribution in [0.1, 0.15) is 20.3 Å². The Hall–Kier alpha value is -0.330. The molecule has 0 aromatic heterocycles. The predicted octanol–water partition coefficient (Wildman–Crippen LogP) is 1.87. The van der Waals surface area contributed by atoms with Crippen molar-refractivity contribution in [1.29, 1.82) is 0 Å². The maximum absolute atomic E-state index is 12.9. The average molecular weight is 256 g/mol. The van der Waals surface area contributed by atoms with E-state index in [2.05, 4.69) is 0 Å². The Kier molecular flexibility index (Phi) is 7.74. The van der Waals surface area contributed by atoms with Crippen LogP contribution in [0.3, 0.4) is 0 Å². The molecule has 6 heteroatoms. The molecule has 0 rings (SSSR count). The first kappa shape index (κ1) is 16.7. The zero-order valence-corrected chi connectivity index (χ0v) is 10.8. The Morgan fingerprint density at radius 2 is 1.88 bits per heavy atom. The smallest absolute Gasteiger partial charge is 0.383 e. The maximum atomic E-state index is 12.9. The summed E-state index contributed by atoms with van der Waals surface area (Å²) in [4.78, 5) is 1.42. The third-order valence-corrected chi connectivity index (χ3v) is 2.44. The summed E-state index contributed by atoms with van der Waals surface area (Å²) in [5.74, 6) is 0.175. The Morgan fingerprint density at radius 3 is 2.24 bits per heavy atom. The highest BCUT2D eigenvalue weighted by Gasteiger charge is 2.42. The first-order valence-corrected chi connectivity index (χ1v) is 5.82. The minimum absolute atomic E-state index is 0.0335. The molecule has 0 aliphatic rings. The van der Waals surface area contributed by atoms with Gasteiger partial charge in [0.25, 0.3) is 0 Å². The van der Waals surface area contributed by atoms with Gasteiger partial charge in [0.05, 0.1) is 6.61 Å². The Labute approximate surface area is 101 Å². The van der Waals surface area contributed by atoms with E-state index in [0.717, 1.165) is 0 Å². The highest BCUT2D eigenvalue weighted by Crippen LogP contribution is 2.27. The van der Waals surface area contributed by atoms with Gasteiger partial charge in [-0.25, -0.2) is 0 Å². The maximum Gasteiger partial charge on any atom is 0.404 e. The van der Waals surface area contributed by atoms with E-state index >= 15 is 0 Å². The van der Waals surface area contributed by atoms with E-state index < -0.39 is 12.2 Å². The zero-order chi connectivity index (χ0) is 13.5. The van der Waals surface area contributed by atoms with Crippen LogP contribution >= 0.6 is 0 Å². The van der Waals surface area contributed by atoms with Gasteiger partial charge in [0, 0.05) is 20.2 Å². The summed E-state index contributed by atoms with van der Waals surface area (Å²) in [6.07, 6.45) is -4.30. The molecule has 2 N–H and O–H groups in total. The summed E-state index contributed by atoms with van der Waals surface area (Å²) >= 11 is 0. The van der Waals surface area contributed by atoms with Crippen molar-refractivity contribution in [3.8, 4) is 0 Å². The van der Waals surface area contributed by atoms with Crippen molar-refractivity contribution in [1.82, 2.24) is 4.90 Å². The number of hydrogen-bond acceptors (Lipinski definition) is 3. The Balaban J connectivity index is 4.67. The van der Waals surface area contributed by atoms with Crippen LogP contribution in [0.25, 0.3) is 0 Å². The number of alkyl halides is 3. The average Bonchev–Trinajstić information content (AvgIpc) is 2.19. The normalized spacial score (nSPS) is 14.6. The molecule has 3 nitrogen and oxygen atoms in total. The highest BCUT2D eigenvalue weighted by molar-refractivity contribution is 4.80. The summed E-state index contributed by atoms with van der Waals surface area (Å²) in [5, 5.41) is 0. The molecule has 0 saturated heterocycles. The molecule has 1 unspecified atom stereocenters. The molecule has 17 heavy (non-hydrogen) atoms. The van der Waals surface area contributed by atoms with Gasteiger partial charge in [-0.05, 0) is 18.9 Å². The Morgan fingerprint density at radius 1 is 1.29 bits per heavy atom. The van der Waals surface area contributed by atoms with Crippen LogP contribution in [0.5, 0.6) is 0 Å². The molecule has 0 amide bonds. The molecule has 0 aromatic carbocycles. The van der Waals surface area contributed by atoms with E-state index in [1.54, 1.807) is 0 Å². The molecule has 0 fully saturated rings. The van der Waals surface area contributed by atoms with Crippen molar-refractivity contribution >= 4 is 0 Å². The predicted molar refractivity (Wildman–Crippen MR) is 61.8 cm³/mol. The number of methoxy groups -OCH3 is 1. The van der Waals surface area contributed by atoms with E-state index in [1.807, 2.05) is 13.8 Å². The fourth-order valence-corrected chi connectivity index (χ4v) is 1.76. The molecule has 0 radical (unpaired) electrons. The highest BCUT2D eigenvalue weighted by atomic mass is 19.4. The molecule has 0 aliphatic carbocycles. The van der Waals surface area contributed by atoms with E-state index in [0.29, 0.717) is 13.2 Å². The van der Waals surface area contributed by atoms with Gasteiger partial charge in [0.1, 0.15) is 6.04 Å². The number of ether oxygens (including phenoxy) is 1. The van der Waals surface area contributed by atoms with Crippen molar-refractivity contribution in [3.05, 3.63) is 0 Å². The van der Waals surface area contributed by atoms with E-state index in [-0.39, 0.29) is 25.4 Å². The van der Waals surface area contributed by atoms with Crippen molar-refractivity contribution < 1.29 is 17.9 Å². The summed E-state index contributed by atoms with van der Waals surface area (Å²) in [7, 11) is 1.49. The molecule has 104 valence electrons. The molecule has 0 aromatic rings. The second kappa shape index (κ2) is 7.89. The number of halogens is 3. The van der Waals surface area contributed by atoms with Gasteiger partial charge in [-0.1, -0.05) is 13.8 Å². The number of rotatable bonds is 8. The summed E-state index contributed by atoms with van der Waals surface area (Å²) < 4.78 is 43.5. The second-order valence-corrected chi connectivity index (χ2v) is 4.52. The van der Waals surface area contributed by atoms with Crippen molar-refractivity contribution in [3.63, 3.8) is 0 Å². The molecule has 0 saturated carbocycles. The van der Waals surface area contributed by atoms with Crippen LogP contribution in [0.2, 0.25) is 0 Å². The third kappa shape index (κ3) is 6.85. The number of nitrogens with two attached hydrogens (primary N) is 1. The summed E-state index contributed by atoms with van der Waals surface area (Å²) in [6.45, 7) is 4.80. The largest absolute Gasteiger partial charge is 0.404 e. The van der Waals surface area contributed by atoms with Crippen molar-refractivity contribution in [2.75, 3.05) is 33.4 Å². The summed E-state index contributed by atoms with van der Waals surface area (Å²) in [6, 6.07) is -1.47. The monoisotopic (exact) mass is 256 g/mol. The SMILES string of the molecule is COCCN(CC(C)C)C(CCN)C(F)(F)F. The van der Waals surface area contributed by atoms with Gasteiger partial charge in [-0.2, -0.15) is 13.2 Å². The molecular weight excluding hydrogens is 233 g/mol. The molecule has 0 bridgehead atoms. The van der Waals surface area contributed by atoms with Crippen molar-refractivity contribution in [2.24, 2.45) is 11.7 Å². The van der Waals surface area contributed by atoms with Crippen LogP contribution in [-0.4, -0.2) is 50.5 Å². The Bertz CT molecular complexity index is 198. The van der Waals surface area contributed by atoms with Gasteiger partial charge in [-0.3, -0.25) is 4.90 Å². The minimum atomic E-state index is -4.23. The van der Waals surface area contributed by atoms with E-state index in [9.17, 15) is 13.2 Å². The number of hydrogen-bond donors (Lipinski definition) is 1. The quantitative estimate of drug-likeness (QED) is 0.720. The first-order chi connectivity index (χ1) is 7.82. The molecular formula is C11H23F3N2O. The van der Waals surface area contributed by atoms with Gasteiger partial charge in [-0.15, -0.1) is 0 Å². The first-order valence-electron chi connectivity index (χ1n) is 5.82. The second-order valence-electron chi connectivity index (χ2n) is 4.52. The van der Waals surface area contributed by atoms with Gasteiger partial charge < -0.3 is 10.5 Å². The lowest BCUT2D eigenvalue weighted by molar-refractivity contribution is -0.187. The minimum Gasteiger partial charge on any atom is -0.383 e. The molecule has 0 aliphatic heterocycles. The summed E-state index contributed by atoms with van der Waals surface area (Å²) in [5.41, 5.74) is 5.27. The lowest BCUT2D eigenvalue weighted by Gasteiger charge is -2.34. The number of nitrogens with zero attached hydrogens (tertiary/aromatic N) is 1. The lowest BCUT2D eigenvalue weighted by Crippen LogP contribution is -2.49. The van der Waals surface area contributed by atoms with Gasteiger partial charge >= 0.3 is 6.18 Å². The molecule has 1 atom stereocenters. The van der Waals surface area contributed by atoms with Crippen LogP contribution < -0.4 is 5.73 Å². The zero-order valence-electron chi connectivity index (χ0n) is 10.8. The van der Waals surface area contributed by atoms with Gasteiger partial charge in [0.2, 0.25) is 0 Å². The fourth-order valence-electron chi connectivity index (χ4n) is 1.76. The van der Waals surface area contributed by atoms with E-state index in [1.165, 1.54) is 12.0 Å². The van der Waals surface area contributed by atoms with Crippen LogP contribution in [-0.2, 0) is 4.74 Å². The third-order valence-electron chi connectivity index (χ3n) is 2.44. The van der Waals surface area contributed by atoms with Crippen LogP contribution in [0.4, 0.5) is 13.2 Å². The van der Waals surface area contributed by atoms with E-state index in [4.69, 9.17) is 10.5 Å². The lowest BCUT2D eigenvalue weighted by atomic mass is 10.1. The van der Waals surface area contributed by atoms with Gasteiger partial charge in [0.15, 0.2) is 0 Å². The molecule has 0 heterocycles. The standard InChI is InChI=1S/C11H23F3N2O/c1-9(2)8-16(6-7-17-3)10(4-5-15)11(12,13)14/h9-10H,4-8,15H2,1-3H3. The topological polar surface area (TPSA) is 38.5 Å². The van der Waals surface area contributed by atoms with Crippen LogP contribution in [0.15, 0.2) is 0 Å². The molecule has 0 spiro atoms. The van der Waals surface area contributed by atoms with Crippen molar-refractivity contribution in [2.45, 2.75) is 32.5 Å².